The Balaban J connectivity index is 0.841. The van der Waals surface area contributed by atoms with E-state index in [2.05, 4.69) is 114 Å². The molecule has 1 nitrogen and oxygen atoms in total. The van der Waals surface area contributed by atoms with E-state index in [1.54, 1.807) is 65.9 Å². The van der Waals surface area contributed by atoms with Gasteiger partial charge in [-0.2, -0.15) is 0 Å². The zero-order valence-electron chi connectivity index (χ0n) is 34.6. The van der Waals surface area contributed by atoms with Crippen molar-refractivity contribution >= 4 is 35.1 Å². The van der Waals surface area contributed by atoms with Gasteiger partial charge in [-0.3, -0.25) is 0 Å². The average Bonchev–Trinajstić information content (AvgIpc) is 4.09. The first-order valence-electron chi connectivity index (χ1n) is 24.1. The molecule has 1 heteroatoms. The van der Waals surface area contributed by atoms with Crippen molar-refractivity contribution in [1.29, 1.82) is 0 Å². The number of rotatable bonds is 3. The molecule has 0 spiro atoms. The molecular weight excluding hydrogens is 711 g/mol. The van der Waals surface area contributed by atoms with Crippen molar-refractivity contribution < 1.29 is 0 Å². The molecule has 3 aromatic rings. The van der Waals surface area contributed by atoms with Gasteiger partial charge >= 0.3 is 0 Å². The predicted octanol–water partition coefficient (Wildman–Crippen LogP) is 10.8. The highest BCUT2D eigenvalue weighted by molar-refractivity contribution is 5.82. The van der Waals surface area contributed by atoms with Crippen molar-refractivity contribution in [3.05, 3.63) is 162 Å². The third-order valence-electron chi connectivity index (χ3n) is 17.8. The molecular formula is C58H57N. The summed E-state index contributed by atoms with van der Waals surface area (Å²) in [7, 11) is 0. The summed E-state index contributed by atoms with van der Waals surface area (Å²) in [6.45, 7) is 0. The first kappa shape index (κ1) is 34.1. The zero-order chi connectivity index (χ0) is 38.3. The van der Waals surface area contributed by atoms with Crippen LogP contribution in [0.5, 0.6) is 0 Å². The number of hydrogen-bond acceptors (Lipinski definition) is 0. The Morgan fingerprint density at radius 3 is 2.53 bits per heavy atom. The lowest BCUT2D eigenvalue weighted by Gasteiger charge is -2.35. The summed E-state index contributed by atoms with van der Waals surface area (Å²) in [5, 5.41) is 6.29. The Kier molecular flexibility index (Phi) is 7.49. The van der Waals surface area contributed by atoms with Gasteiger partial charge in [0, 0.05) is 39.7 Å². The second-order valence-electron chi connectivity index (χ2n) is 20.3. The second-order valence-corrected chi connectivity index (χ2v) is 20.3. The lowest BCUT2D eigenvalue weighted by molar-refractivity contribution is 0.400. The van der Waals surface area contributed by atoms with Gasteiger partial charge in [0.15, 0.2) is 0 Å². The molecule has 1 heterocycles. The summed E-state index contributed by atoms with van der Waals surface area (Å²) in [4.78, 5) is 0. The van der Waals surface area contributed by atoms with E-state index in [1.807, 2.05) is 5.57 Å². The van der Waals surface area contributed by atoms with Crippen LogP contribution in [0.4, 0.5) is 0 Å². The van der Waals surface area contributed by atoms with Gasteiger partial charge in [-0.05, 0) is 186 Å². The van der Waals surface area contributed by atoms with Crippen molar-refractivity contribution in [1.82, 2.24) is 4.57 Å². The van der Waals surface area contributed by atoms with Gasteiger partial charge in [0.05, 0.1) is 0 Å². The molecule has 294 valence electrons. The molecule has 11 aliphatic carbocycles. The molecule has 59 heavy (non-hydrogen) atoms. The third kappa shape index (κ3) is 4.74. The molecule has 1 aromatic heterocycles. The summed E-state index contributed by atoms with van der Waals surface area (Å²) in [6, 6.07) is 16.7. The Bertz CT molecular complexity index is 2870. The lowest BCUT2D eigenvalue weighted by Crippen LogP contribution is -2.39. The molecule has 2 aromatic carbocycles. The van der Waals surface area contributed by atoms with E-state index in [-0.39, 0.29) is 0 Å². The second kappa shape index (κ2) is 12.9. The molecule has 0 radical (unpaired) electrons. The minimum atomic E-state index is 0.515. The summed E-state index contributed by atoms with van der Waals surface area (Å²) in [5.74, 6) is 5.60. The van der Waals surface area contributed by atoms with Crippen LogP contribution < -0.4 is 21.0 Å². The smallest absolute Gasteiger partial charge is 0.0494 e. The van der Waals surface area contributed by atoms with Gasteiger partial charge in [-0.15, -0.1) is 0 Å². The van der Waals surface area contributed by atoms with Gasteiger partial charge in [0.25, 0.3) is 0 Å². The van der Waals surface area contributed by atoms with Crippen LogP contribution in [0.25, 0.3) is 35.1 Å². The molecule has 2 saturated carbocycles. The average molecular weight is 768 g/mol. The van der Waals surface area contributed by atoms with Crippen molar-refractivity contribution in [3.8, 4) is 0 Å². The molecule has 0 amide bonds. The third-order valence-corrected chi connectivity index (χ3v) is 17.8. The van der Waals surface area contributed by atoms with Gasteiger partial charge in [-0.25, -0.2) is 0 Å². The number of hydrogen-bond donors (Lipinski definition) is 0. The van der Waals surface area contributed by atoms with Crippen molar-refractivity contribution in [3.63, 3.8) is 0 Å². The van der Waals surface area contributed by atoms with E-state index < -0.39 is 0 Å². The van der Waals surface area contributed by atoms with Gasteiger partial charge in [-0.1, -0.05) is 121 Å². The molecule has 14 rings (SSSR count). The van der Waals surface area contributed by atoms with Crippen LogP contribution in [0.15, 0.2) is 113 Å². The molecule has 0 saturated heterocycles. The fraction of sp³-hybridized carbons (Fsp3) is 0.414. The Morgan fingerprint density at radius 1 is 0.593 bits per heavy atom. The zero-order valence-corrected chi connectivity index (χ0v) is 34.6. The summed E-state index contributed by atoms with van der Waals surface area (Å²) < 4.78 is 2.80. The number of fused-ring (bicyclic) bond motifs is 12. The van der Waals surface area contributed by atoms with Crippen molar-refractivity contribution in [2.75, 3.05) is 0 Å². The molecule has 0 bridgehead atoms. The highest BCUT2D eigenvalue weighted by atomic mass is 15.0. The Morgan fingerprint density at radius 2 is 1.53 bits per heavy atom. The normalized spacial score (nSPS) is 34.4. The highest BCUT2D eigenvalue weighted by Crippen LogP contribution is 2.61. The van der Waals surface area contributed by atoms with Gasteiger partial charge in [0.1, 0.15) is 0 Å². The van der Waals surface area contributed by atoms with Crippen molar-refractivity contribution in [2.24, 2.45) is 41.4 Å². The Labute approximate surface area is 350 Å². The quantitative estimate of drug-likeness (QED) is 0.234. The topological polar surface area (TPSA) is 4.93 Å². The van der Waals surface area contributed by atoms with Crippen LogP contribution in [0, 0.1) is 41.4 Å². The first-order chi connectivity index (χ1) is 29.3. The summed E-state index contributed by atoms with van der Waals surface area (Å²) >= 11 is 0. The predicted molar refractivity (Wildman–Crippen MR) is 244 cm³/mol. The van der Waals surface area contributed by atoms with Crippen LogP contribution in [-0.4, -0.2) is 4.57 Å². The summed E-state index contributed by atoms with van der Waals surface area (Å²) in [6.07, 6.45) is 48.0. The Hall–Kier alpha value is -4.62. The SMILES string of the molecule is C1=CC2C(CC1)C1=CC(C3/C=C\c4c(c5c(n4C4=c6cccc7c6=C(CC4)C4CCCC74)=CCCC=5)CCC3)CC=C1C2C1=C2CCC=C3c4ccccc4C(C=C1)C32. The molecule has 9 atom stereocenters. The maximum atomic E-state index is 2.85. The fourth-order valence-electron chi connectivity index (χ4n) is 15.6. The van der Waals surface area contributed by atoms with E-state index in [9.17, 15) is 0 Å². The van der Waals surface area contributed by atoms with E-state index in [1.165, 1.54) is 106 Å². The maximum absolute atomic E-state index is 2.85. The number of benzene rings is 2. The minimum absolute atomic E-state index is 0.515. The first-order valence-corrected chi connectivity index (χ1v) is 24.1. The van der Waals surface area contributed by atoms with E-state index >= 15 is 0 Å². The standard InChI is InChI=1S/C58H57N/c1-2-13-37-36(12-1)44-20-9-22-46-49(29-28-47(37)56(44)46)57-43-16-4-3-14-40(43)52-33-35(25-27-50(52)57)34-11-7-19-42-41-15-5-6-24-53(41)59(54(42)31-26-34)55-32-30-48-39-18-8-17-38(39)45-21-10-23-51(55)58(45)48/h1-2,4,10,12-13,15-16,20-21,23-24,26-29,31,33-35,38-40,43,47,56-57H,3,5-9,11,14,17-19,22,25,30,32H2/b31-26-. The van der Waals surface area contributed by atoms with Crippen LogP contribution in [0.1, 0.15) is 130 Å². The lowest BCUT2D eigenvalue weighted by atomic mass is 9.68. The maximum Gasteiger partial charge on any atom is 0.0494 e. The number of nitrogens with zero attached hydrogens (tertiary/aromatic N) is 1. The van der Waals surface area contributed by atoms with Gasteiger partial charge < -0.3 is 4.57 Å². The molecule has 11 aliphatic rings. The highest BCUT2D eigenvalue weighted by Gasteiger charge is 2.49. The monoisotopic (exact) mass is 767 g/mol. The van der Waals surface area contributed by atoms with E-state index in [4.69, 9.17) is 0 Å². The number of aromatic nitrogens is 1. The molecule has 0 N–H and O–H groups in total. The van der Waals surface area contributed by atoms with Crippen LogP contribution in [0.2, 0.25) is 0 Å². The van der Waals surface area contributed by atoms with Crippen LogP contribution >= 0.6 is 0 Å². The largest absolute Gasteiger partial charge is 0.313 e. The molecule has 2 fully saturated rings. The minimum Gasteiger partial charge on any atom is -0.313 e. The fourth-order valence-corrected chi connectivity index (χ4v) is 15.6. The van der Waals surface area contributed by atoms with Gasteiger partial charge in [0.2, 0.25) is 0 Å². The van der Waals surface area contributed by atoms with Crippen molar-refractivity contribution in [2.45, 2.75) is 108 Å². The molecule has 0 aliphatic heterocycles. The van der Waals surface area contributed by atoms with E-state index in [0.29, 0.717) is 41.4 Å². The van der Waals surface area contributed by atoms with Crippen LogP contribution in [-0.2, 0) is 6.42 Å². The van der Waals surface area contributed by atoms with E-state index in [0.717, 1.165) is 18.3 Å². The number of allylic oxidation sites excluding steroid dienone is 13. The summed E-state index contributed by atoms with van der Waals surface area (Å²) in [5.41, 5.74) is 19.8. The van der Waals surface area contributed by atoms with Crippen LogP contribution in [0.3, 0.4) is 0 Å². The molecule has 9 unspecified atom stereocenters.